The summed E-state index contributed by atoms with van der Waals surface area (Å²) in [6, 6.07) is 6.64. The zero-order valence-corrected chi connectivity index (χ0v) is 10.5. The van der Waals surface area contributed by atoms with Crippen LogP contribution in [-0.2, 0) is 4.74 Å². The number of rotatable bonds is 3. The number of aromatic nitrogens is 3. The van der Waals surface area contributed by atoms with Crippen molar-refractivity contribution in [3.63, 3.8) is 0 Å². The number of ether oxygens (including phenoxy) is 1. The van der Waals surface area contributed by atoms with Gasteiger partial charge < -0.3 is 10.5 Å². The van der Waals surface area contributed by atoms with E-state index in [-0.39, 0.29) is 5.69 Å². The Hall–Kier alpha value is -2.70. The van der Waals surface area contributed by atoms with Gasteiger partial charge >= 0.3 is 5.97 Å². The fraction of sp³-hybridized carbons (Fsp3) is 0.167. The first-order valence-corrected chi connectivity index (χ1v) is 5.45. The van der Waals surface area contributed by atoms with Gasteiger partial charge in [-0.05, 0) is 25.1 Å². The Morgan fingerprint density at radius 1 is 1.37 bits per heavy atom. The molecular formula is C12H12N4O3. The van der Waals surface area contributed by atoms with Crippen LogP contribution in [0, 0.1) is 6.92 Å². The zero-order chi connectivity index (χ0) is 14.0. The normalized spacial score (nSPS) is 10.2. The average molecular weight is 260 g/mol. The van der Waals surface area contributed by atoms with Gasteiger partial charge in [-0.15, -0.1) is 5.10 Å². The van der Waals surface area contributed by atoms with E-state index in [0.29, 0.717) is 16.9 Å². The number of esters is 1. The number of carbonyl (C=O) groups is 2. The Morgan fingerprint density at radius 2 is 2.11 bits per heavy atom. The van der Waals surface area contributed by atoms with Crippen LogP contribution in [-0.4, -0.2) is 34.0 Å². The highest BCUT2D eigenvalue weighted by Crippen LogP contribution is 2.14. The Balaban J connectivity index is 2.48. The fourth-order valence-corrected chi connectivity index (χ4v) is 1.68. The maximum atomic E-state index is 11.5. The minimum Gasteiger partial charge on any atom is -0.465 e. The lowest BCUT2D eigenvalue weighted by Gasteiger charge is -2.05. The SMILES string of the molecule is COC(=O)c1cccc(-n2nnc(C(N)=O)c2C)c1. The molecule has 2 N–H and O–H groups in total. The molecular weight excluding hydrogens is 248 g/mol. The van der Waals surface area contributed by atoms with E-state index in [9.17, 15) is 9.59 Å². The van der Waals surface area contributed by atoms with Gasteiger partial charge in [-0.25, -0.2) is 9.48 Å². The topological polar surface area (TPSA) is 100 Å². The van der Waals surface area contributed by atoms with Gasteiger partial charge in [0, 0.05) is 0 Å². The van der Waals surface area contributed by atoms with Gasteiger partial charge in [0.15, 0.2) is 5.69 Å². The summed E-state index contributed by atoms with van der Waals surface area (Å²) in [5.74, 6) is -1.09. The third kappa shape index (κ3) is 2.30. The zero-order valence-electron chi connectivity index (χ0n) is 10.5. The van der Waals surface area contributed by atoms with Crippen molar-refractivity contribution in [3.8, 4) is 5.69 Å². The number of nitrogens with two attached hydrogens (primary N) is 1. The summed E-state index contributed by atoms with van der Waals surface area (Å²) in [5.41, 5.74) is 6.77. The molecule has 98 valence electrons. The van der Waals surface area contributed by atoms with Gasteiger partial charge in [0.1, 0.15) is 0 Å². The second-order valence-corrected chi connectivity index (χ2v) is 3.84. The maximum Gasteiger partial charge on any atom is 0.337 e. The van der Waals surface area contributed by atoms with E-state index in [2.05, 4.69) is 15.0 Å². The molecule has 0 spiro atoms. The summed E-state index contributed by atoms with van der Waals surface area (Å²) in [6.07, 6.45) is 0. The van der Waals surface area contributed by atoms with Gasteiger partial charge in [0.25, 0.3) is 5.91 Å². The predicted molar refractivity (Wildman–Crippen MR) is 66.0 cm³/mol. The Kier molecular flexibility index (Phi) is 3.28. The number of primary amides is 1. The Bertz CT molecular complexity index is 648. The van der Waals surface area contributed by atoms with E-state index in [0.717, 1.165) is 0 Å². The quantitative estimate of drug-likeness (QED) is 0.808. The van der Waals surface area contributed by atoms with Gasteiger partial charge in [-0.2, -0.15) is 0 Å². The van der Waals surface area contributed by atoms with Crippen LogP contribution in [0.4, 0.5) is 0 Å². The van der Waals surface area contributed by atoms with Crippen molar-refractivity contribution in [3.05, 3.63) is 41.2 Å². The van der Waals surface area contributed by atoms with E-state index in [1.807, 2.05) is 0 Å². The maximum absolute atomic E-state index is 11.5. The summed E-state index contributed by atoms with van der Waals surface area (Å²) in [6.45, 7) is 1.67. The first kappa shape index (κ1) is 12.7. The third-order valence-electron chi connectivity index (χ3n) is 2.64. The lowest BCUT2D eigenvalue weighted by atomic mass is 10.2. The minimum atomic E-state index is -0.645. The van der Waals surface area contributed by atoms with Crippen molar-refractivity contribution >= 4 is 11.9 Å². The van der Waals surface area contributed by atoms with Crippen molar-refractivity contribution in [1.29, 1.82) is 0 Å². The average Bonchev–Trinajstić information content (AvgIpc) is 2.80. The van der Waals surface area contributed by atoms with Crippen LogP contribution < -0.4 is 5.73 Å². The molecule has 7 nitrogen and oxygen atoms in total. The van der Waals surface area contributed by atoms with Crippen LogP contribution in [0.2, 0.25) is 0 Å². The molecule has 0 fully saturated rings. The first-order valence-electron chi connectivity index (χ1n) is 5.45. The lowest BCUT2D eigenvalue weighted by Crippen LogP contribution is -2.13. The molecule has 1 aromatic carbocycles. The molecule has 2 aromatic rings. The van der Waals surface area contributed by atoms with E-state index in [1.54, 1.807) is 31.2 Å². The van der Waals surface area contributed by atoms with Gasteiger partial charge in [0.05, 0.1) is 24.1 Å². The van der Waals surface area contributed by atoms with Gasteiger partial charge in [0.2, 0.25) is 0 Å². The molecule has 1 aromatic heterocycles. The molecule has 0 aliphatic heterocycles. The lowest BCUT2D eigenvalue weighted by molar-refractivity contribution is 0.0600. The number of hydrogen-bond donors (Lipinski definition) is 1. The van der Waals surface area contributed by atoms with Crippen molar-refractivity contribution in [1.82, 2.24) is 15.0 Å². The molecule has 1 amide bonds. The van der Waals surface area contributed by atoms with Crippen LogP contribution in [0.5, 0.6) is 0 Å². The number of benzene rings is 1. The number of methoxy groups -OCH3 is 1. The number of hydrogen-bond acceptors (Lipinski definition) is 5. The van der Waals surface area contributed by atoms with Crippen molar-refractivity contribution < 1.29 is 14.3 Å². The van der Waals surface area contributed by atoms with Crippen LogP contribution in [0.25, 0.3) is 5.69 Å². The molecule has 0 saturated carbocycles. The Morgan fingerprint density at radius 3 is 2.68 bits per heavy atom. The fourth-order valence-electron chi connectivity index (χ4n) is 1.68. The van der Waals surface area contributed by atoms with E-state index in [4.69, 9.17) is 5.73 Å². The number of nitrogens with zero attached hydrogens (tertiary/aromatic N) is 3. The highest BCUT2D eigenvalue weighted by atomic mass is 16.5. The largest absolute Gasteiger partial charge is 0.465 e. The molecule has 0 saturated heterocycles. The van der Waals surface area contributed by atoms with Gasteiger partial charge in [-0.3, -0.25) is 4.79 Å². The molecule has 0 unspecified atom stereocenters. The molecule has 1 heterocycles. The summed E-state index contributed by atoms with van der Waals surface area (Å²) < 4.78 is 6.08. The molecule has 0 atom stereocenters. The summed E-state index contributed by atoms with van der Waals surface area (Å²) in [7, 11) is 1.31. The summed E-state index contributed by atoms with van der Waals surface area (Å²) in [5, 5.41) is 7.56. The molecule has 0 bridgehead atoms. The van der Waals surface area contributed by atoms with Crippen LogP contribution in [0.15, 0.2) is 24.3 Å². The first-order chi connectivity index (χ1) is 9.04. The van der Waals surface area contributed by atoms with Crippen molar-refractivity contribution in [2.24, 2.45) is 5.73 Å². The number of carbonyl (C=O) groups excluding carboxylic acids is 2. The summed E-state index contributed by atoms with van der Waals surface area (Å²) >= 11 is 0. The molecule has 19 heavy (non-hydrogen) atoms. The van der Waals surface area contributed by atoms with E-state index >= 15 is 0 Å². The Labute approximate surface area is 109 Å². The molecule has 0 radical (unpaired) electrons. The highest BCUT2D eigenvalue weighted by Gasteiger charge is 2.15. The molecule has 7 heteroatoms. The molecule has 2 rings (SSSR count). The van der Waals surface area contributed by atoms with E-state index in [1.165, 1.54) is 11.8 Å². The second kappa shape index (κ2) is 4.89. The monoisotopic (exact) mass is 260 g/mol. The predicted octanol–water partition coefficient (Wildman–Crippen LogP) is 0.461. The van der Waals surface area contributed by atoms with Gasteiger partial charge in [-0.1, -0.05) is 11.3 Å². The van der Waals surface area contributed by atoms with E-state index < -0.39 is 11.9 Å². The summed E-state index contributed by atoms with van der Waals surface area (Å²) in [4.78, 5) is 22.6. The number of amides is 1. The standard InChI is InChI=1S/C12H12N4O3/c1-7-10(11(13)17)14-15-16(7)9-5-3-4-8(6-9)12(18)19-2/h3-6H,1-2H3,(H2,13,17). The molecule has 0 aliphatic carbocycles. The smallest absolute Gasteiger partial charge is 0.337 e. The minimum absolute atomic E-state index is 0.100. The van der Waals surface area contributed by atoms with Crippen LogP contribution >= 0.6 is 0 Å². The second-order valence-electron chi connectivity index (χ2n) is 3.84. The highest BCUT2D eigenvalue weighted by molar-refractivity contribution is 5.92. The van der Waals surface area contributed by atoms with Crippen LogP contribution in [0.3, 0.4) is 0 Å². The third-order valence-corrected chi connectivity index (χ3v) is 2.64. The molecule has 0 aliphatic rings. The van der Waals surface area contributed by atoms with Crippen molar-refractivity contribution in [2.45, 2.75) is 6.92 Å². The van der Waals surface area contributed by atoms with Crippen molar-refractivity contribution in [2.75, 3.05) is 7.11 Å². The van der Waals surface area contributed by atoms with Crippen LogP contribution in [0.1, 0.15) is 26.5 Å².